The van der Waals surface area contributed by atoms with E-state index in [1.54, 1.807) is 18.2 Å². The third kappa shape index (κ3) is 4.53. The van der Waals surface area contributed by atoms with Gasteiger partial charge in [-0.3, -0.25) is 4.79 Å². The number of hydrogen-bond donors (Lipinski definition) is 0. The van der Waals surface area contributed by atoms with Crippen molar-refractivity contribution >= 4 is 29.5 Å². The topological polar surface area (TPSA) is 44.8 Å². The summed E-state index contributed by atoms with van der Waals surface area (Å²) in [6.45, 7) is 2.51. The monoisotopic (exact) mass is 354 g/mol. The lowest BCUT2D eigenvalue weighted by atomic mass is 10.2. The fraction of sp³-hybridized carbons (Fsp3) is 0.235. The van der Waals surface area contributed by atoms with Gasteiger partial charge in [-0.15, -0.1) is 0 Å². The molecule has 0 saturated carbocycles. The Labute approximate surface area is 144 Å². The second kappa shape index (κ2) is 8.09. The zero-order valence-electron chi connectivity index (χ0n) is 12.8. The van der Waals surface area contributed by atoms with E-state index in [9.17, 15) is 4.79 Å². The Morgan fingerprint density at radius 2 is 1.78 bits per heavy atom. The molecule has 2 aromatic rings. The normalized spacial score (nSPS) is 10.3. The van der Waals surface area contributed by atoms with Crippen LogP contribution in [0.25, 0.3) is 0 Å². The van der Waals surface area contributed by atoms with Crippen LogP contribution in [0.1, 0.15) is 15.9 Å². The highest BCUT2D eigenvalue weighted by atomic mass is 35.5. The summed E-state index contributed by atoms with van der Waals surface area (Å²) in [5, 5.41) is 1.01. The number of benzene rings is 2. The van der Waals surface area contributed by atoms with E-state index in [1.165, 1.54) is 13.2 Å². The maximum Gasteiger partial charge on any atom is 0.179 e. The molecule has 0 saturated heterocycles. The summed E-state index contributed by atoms with van der Waals surface area (Å²) in [6, 6.07) is 8.52. The molecule has 2 aromatic carbocycles. The molecule has 0 aliphatic heterocycles. The number of aldehydes is 1. The first-order chi connectivity index (χ1) is 11.0. The van der Waals surface area contributed by atoms with Gasteiger partial charge in [0.05, 0.1) is 12.1 Å². The number of methoxy groups -OCH3 is 1. The molecule has 2 rings (SSSR count). The second-order valence-corrected chi connectivity index (χ2v) is 5.57. The molecular formula is C17H16Cl2O4. The SMILES string of the molecule is COc1cc(C=O)cc(Cl)c1OCCOc1ccc(Cl)c(C)c1. The van der Waals surface area contributed by atoms with E-state index in [1.807, 2.05) is 13.0 Å². The predicted octanol–water partition coefficient (Wildman–Crippen LogP) is 4.58. The Morgan fingerprint density at radius 3 is 2.43 bits per heavy atom. The molecule has 0 N–H and O–H groups in total. The lowest BCUT2D eigenvalue weighted by Gasteiger charge is -2.13. The van der Waals surface area contributed by atoms with Gasteiger partial charge in [0.1, 0.15) is 25.2 Å². The molecule has 0 radical (unpaired) electrons. The first-order valence-corrected chi connectivity index (χ1v) is 7.65. The first-order valence-electron chi connectivity index (χ1n) is 6.89. The van der Waals surface area contributed by atoms with Crippen LogP contribution in [0, 0.1) is 6.92 Å². The first kappa shape index (κ1) is 17.4. The molecule has 4 nitrogen and oxygen atoms in total. The largest absolute Gasteiger partial charge is 0.493 e. The average Bonchev–Trinajstić information content (AvgIpc) is 2.55. The number of rotatable bonds is 7. The van der Waals surface area contributed by atoms with Gasteiger partial charge in [0.15, 0.2) is 11.5 Å². The molecule has 0 aliphatic carbocycles. The lowest BCUT2D eigenvalue weighted by molar-refractivity contribution is 0.112. The molecule has 0 aromatic heterocycles. The summed E-state index contributed by atoms with van der Waals surface area (Å²) < 4.78 is 16.4. The molecule has 0 spiro atoms. The molecule has 0 unspecified atom stereocenters. The van der Waals surface area contributed by atoms with Gasteiger partial charge in [-0.1, -0.05) is 23.2 Å². The molecule has 0 fully saturated rings. The fourth-order valence-corrected chi connectivity index (χ4v) is 2.35. The van der Waals surface area contributed by atoms with E-state index in [0.29, 0.717) is 45.8 Å². The number of ether oxygens (including phenoxy) is 3. The predicted molar refractivity (Wildman–Crippen MR) is 90.6 cm³/mol. The molecule has 122 valence electrons. The highest BCUT2D eigenvalue weighted by Gasteiger charge is 2.12. The van der Waals surface area contributed by atoms with Gasteiger partial charge in [-0.05, 0) is 42.8 Å². The summed E-state index contributed by atoms with van der Waals surface area (Å²) in [4.78, 5) is 10.8. The summed E-state index contributed by atoms with van der Waals surface area (Å²) in [6.07, 6.45) is 0.699. The van der Waals surface area contributed by atoms with E-state index in [0.717, 1.165) is 5.56 Å². The Kier molecular flexibility index (Phi) is 6.13. The Balaban J connectivity index is 1.96. The number of halogens is 2. The zero-order valence-corrected chi connectivity index (χ0v) is 14.3. The van der Waals surface area contributed by atoms with Crippen molar-refractivity contribution in [3.05, 3.63) is 51.5 Å². The van der Waals surface area contributed by atoms with E-state index < -0.39 is 0 Å². The summed E-state index contributed by atoms with van der Waals surface area (Å²) in [7, 11) is 1.49. The van der Waals surface area contributed by atoms with Gasteiger partial charge in [0.25, 0.3) is 0 Å². The molecule has 23 heavy (non-hydrogen) atoms. The fourth-order valence-electron chi connectivity index (χ4n) is 1.96. The minimum absolute atomic E-state index is 0.276. The van der Waals surface area contributed by atoms with Gasteiger partial charge < -0.3 is 14.2 Å². The van der Waals surface area contributed by atoms with E-state index >= 15 is 0 Å². The molecular weight excluding hydrogens is 339 g/mol. The van der Waals surface area contributed by atoms with E-state index in [-0.39, 0.29) is 6.61 Å². The molecule has 0 aliphatic rings. The van der Waals surface area contributed by atoms with Gasteiger partial charge in [-0.25, -0.2) is 0 Å². The van der Waals surface area contributed by atoms with Crippen LogP contribution in [0.2, 0.25) is 10.0 Å². The number of hydrogen-bond acceptors (Lipinski definition) is 4. The van der Waals surface area contributed by atoms with Crippen LogP contribution >= 0.6 is 23.2 Å². The minimum atomic E-state index is 0.276. The average molecular weight is 355 g/mol. The summed E-state index contributed by atoms with van der Waals surface area (Å²) >= 11 is 12.1. The van der Waals surface area contributed by atoms with Crippen molar-refractivity contribution < 1.29 is 19.0 Å². The van der Waals surface area contributed by atoms with Gasteiger partial charge in [0.2, 0.25) is 0 Å². The summed E-state index contributed by atoms with van der Waals surface area (Å²) in [5.41, 5.74) is 1.37. The van der Waals surface area contributed by atoms with Gasteiger partial charge in [-0.2, -0.15) is 0 Å². The lowest BCUT2D eigenvalue weighted by Crippen LogP contribution is -2.10. The van der Waals surface area contributed by atoms with Crippen molar-refractivity contribution in [2.45, 2.75) is 6.92 Å². The zero-order chi connectivity index (χ0) is 16.8. The highest BCUT2D eigenvalue weighted by molar-refractivity contribution is 6.32. The van der Waals surface area contributed by atoms with Crippen LogP contribution in [0.5, 0.6) is 17.2 Å². The standard InChI is InChI=1S/C17H16Cl2O4/c1-11-7-13(3-4-14(11)18)22-5-6-23-17-15(19)8-12(10-20)9-16(17)21-2/h3-4,7-10H,5-6H2,1-2H3. The van der Waals surface area contributed by atoms with Crippen LogP contribution in [-0.2, 0) is 0 Å². The highest BCUT2D eigenvalue weighted by Crippen LogP contribution is 2.36. The van der Waals surface area contributed by atoms with Gasteiger partial charge in [0, 0.05) is 10.6 Å². The van der Waals surface area contributed by atoms with Crippen molar-refractivity contribution in [1.29, 1.82) is 0 Å². The Bertz CT molecular complexity index is 701. The van der Waals surface area contributed by atoms with Crippen LogP contribution in [-0.4, -0.2) is 26.6 Å². The van der Waals surface area contributed by atoms with Gasteiger partial charge >= 0.3 is 0 Å². The maximum atomic E-state index is 10.8. The van der Waals surface area contributed by atoms with Crippen LogP contribution < -0.4 is 14.2 Å². The second-order valence-electron chi connectivity index (χ2n) is 4.76. The van der Waals surface area contributed by atoms with Crippen molar-refractivity contribution in [1.82, 2.24) is 0 Å². The smallest absolute Gasteiger partial charge is 0.179 e. The van der Waals surface area contributed by atoms with E-state index in [4.69, 9.17) is 37.4 Å². The van der Waals surface area contributed by atoms with E-state index in [2.05, 4.69) is 0 Å². The van der Waals surface area contributed by atoms with Crippen LogP contribution in [0.3, 0.4) is 0 Å². The van der Waals surface area contributed by atoms with Crippen molar-refractivity contribution in [2.24, 2.45) is 0 Å². The maximum absolute atomic E-state index is 10.8. The van der Waals surface area contributed by atoms with Crippen molar-refractivity contribution in [3.8, 4) is 17.2 Å². The molecule has 0 atom stereocenters. The third-order valence-corrected chi connectivity index (χ3v) is 3.82. The Hall–Kier alpha value is -1.91. The van der Waals surface area contributed by atoms with Crippen molar-refractivity contribution in [3.63, 3.8) is 0 Å². The van der Waals surface area contributed by atoms with Crippen molar-refractivity contribution in [2.75, 3.05) is 20.3 Å². The summed E-state index contributed by atoms with van der Waals surface area (Å²) in [5.74, 6) is 1.50. The molecule has 6 heteroatoms. The quantitative estimate of drug-likeness (QED) is 0.539. The van der Waals surface area contributed by atoms with Crippen LogP contribution in [0.4, 0.5) is 0 Å². The molecule has 0 amide bonds. The third-order valence-electron chi connectivity index (χ3n) is 3.12. The minimum Gasteiger partial charge on any atom is -0.493 e. The Morgan fingerprint density at radius 1 is 1.04 bits per heavy atom. The number of carbonyl (C=O) groups is 1. The number of aryl methyl sites for hydroxylation is 1. The van der Waals surface area contributed by atoms with Crippen LogP contribution in [0.15, 0.2) is 30.3 Å². The molecule has 0 heterocycles. The molecule has 0 bridgehead atoms. The number of carbonyl (C=O) groups excluding carboxylic acids is 1.